The summed E-state index contributed by atoms with van der Waals surface area (Å²) in [5.41, 5.74) is -2.13. The van der Waals surface area contributed by atoms with Crippen LogP contribution >= 0.6 is 0 Å². The molecule has 0 spiro atoms. The van der Waals surface area contributed by atoms with Crippen LogP contribution in [0.15, 0.2) is 36.4 Å². The Balaban J connectivity index is 2.90. The van der Waals surface area contributed by atoms with E-state index in [1.54, 1.807) is 0 Å². The molecule has 122 valence electrons. The standard InChI is InChI=1S/C16H10O8/c17-13(18)7-4-5-9(14(19)20)11(6-7)8-2-1-3-10(15(21)22)12(8)16(23)24/h1-6H,(H,17,18)(H,19,20)(H,21,22)(H,23,24). The molecule has 0 heterocycles. The third-order valence-corrected chi connectivity index (χ3v) is 3.30. The molecule has 0 radical (unpaired) electrons. The minimum absolute atomic E-state index is 0.192. The van der Waals surface area contributed by atoms with E-state index in [9.17, 15) is 29.4 Å². The van der Waals surface area contributed by atoms with Crippen molar-refractivity contribution < 1.29 is 39.6 Å². The molecular weight excluding hydrogens is 320 g/mol. The second-order valence-electron chi connectivity index (χ2n) is 4.71. The minimum Gasteiger partial charge on any atom is -0.478 e. The Morgan fingerprint density at radius 3 is 1.75 bits per heavy atom. The number of hydrogen-bond donors (Lipinski definition) is 4. The molecule has 2 aromatic carbocycles. The van der Waals surface area contributed by atoms with Crippen LogP contribution in [0.3, 0.4) is 0 Å². The first kappa shape index (κ1) is 16.7. The third-order valence-electron chi connectivity index (χ3n) is 3.30. The zero-order chi connectivity index (χ0) is 18.0. The van der Waals surface area contributed by atoms with E-state index >= 15 is 0 Å². The largest absolute Gasteiger partial charge is 0.478 e. The van der Waals surface area contributed by atoms with Crippen molar-refractivity contribution in [2.45, 2.75) is 0 Å². The Hall–Kier alpha value is -3.68. The SMILES string of the molecule is O=C(O)c1ccc(C(=O)O)c(-c2cccc(C(=O)O)c2C(=O)O)c1. The molecule has 8 nitrogen and oxygen atoms in total. The molecular formula is C16H10O8. The number of hydrogen-bond acceptors (Lipinski definition) is 4. The molecule has 0 atom stereocenters. The summed E-state index contributed by atoms with van der Waals surface area (Å²) in [4.78, 5) is 45.2. The van der Waals surface area contributed by atoms with Gasteiger partial charge in [0.15, 0.2) is 0 Å². The molecule has 0 aromatic heterocycles. The van der Waals surface area contributed by atoms with Crippen LogP contribution in [0.25, 0.3) is 11.1 Å². The van der Waals surface area contributed by atoms with Crippen molar-refractivity contribution in [1.82, 2.24) is 0 Å². The van der Waals surface area contributed by atoms with Crippen molar-refractivity contribution >= 4 is 23.9 Å². The van der Waals surface area contributed by atoms with E-state index in [1.165, 1.54) is 12.1 Å². The minimum atomic E-state index is -1.57. The van der Waals surface area contributed by atoms with Gasteiger partial charge < -0.3 is 20.4 Å². The lowest BCUT2D eigenvalue weighted by molar-refractivity contribution is 0.0652. The highest BCUT2D eigenvalue weighted by Gasteiger charge is 2.24. The molecule has 0 saturated carbocycles. The summed E-state index contributed by atoms with van der Waals surface area (Å²) >= 11 is 0. The average molecular weight is 330 g/mol. The molecule has 0 aliphatic heterocycles. The Morgan fingerprint density at radius 1 is 0.625 bits per heavy atom. The maximum atomic E-state index is 11.5. The number of aromatic carboxylic acids is 4. The third kappa shape index (κ3) is 2.93. The summed E-state index contributed by atoms with van der Waals surface area (Å²) < 4.78 is 0. The van der Waals surface area contributed by atoms with Crippen molar-refractivity contribution in [2.75, 3.05) is 0 Å². The molecule has 0 aliphatic rings. The number of carboxylic acid groups (broad SMARTS) is 4. The number of carboxylic acids is 4. The van der Waals surface area contributed by atoms with E-state index in [1.807, 2.05) is 0 Å². The van der Waals surface area contributed by atoms with E-state index in [0.29, 0.717) is 0 Å². The summed E-state index contributed by atoms with van der Waals surface area (Å²) in [6, 6.07) is 6.64. The van der Waals surface area contributed by atoms with Gasteiger partial charge in [-0.1, -0.05) is 12.1 Å². The first-order chi connectivity index (χ1) is 11.2. The Kier molecular flexibility index (Phi) is 4.32. The van der Waals surface area contributed by atoms with Gasteiger partial charge in [-0.05, 0) is 35.4 Å². The summed E-state index contributed by atoms with van der Waals surface area (Å²) in [7, 11) is 0. The smallest absolute Gasteiger partial charge is 0.337 e. The summed E-state index contributed by atoms with van der Waals surface area (Å²) in [6.45, 7) is 0. The molecule has 0 unspecified atom stereocenters. The molecule has 2 rings (SSSR count). The predicted octanol–water partition coefficient (Wildman–Crippen LogP) is 2.15. The molecule has 0 amide bonds. The second kappa shape index (κ2) is 6.21. The van der Waals surface area contributed by atoms with Gasteiger partial charge in [0.1, 0.15) is 0 Å². The molecule has 2 aromatic rings. The monoisotopic (exact) mass is 330 g/mol. The lowest BCUT2D eigenvalue weighted by Crippen LogP contribution is -2.11. The summed E-state index contributed by atoms with van der Waals surface area (Å²) in [5, 5.41) is 36.8. The second-order valence-corrected chi connectivity index (χ2v) is 4.71. The van der Waals surface area contributed by atoms with Gasteiger partial charge in [0.2, 0.25) is 0 Å². The fourth-order valence-electron chi connectivity index (χ4n) is 2.27. The van der Waals surface area contributed by atoms with E-state index in [-0.39, 0.29) is 22.3 Å². The molecule has 0 aliphatic carbocycles. The molecule has 0 fully saturated rings. The predicted molar refractivity (Wildman–Crippen MR) is 79.7 cm³/mol. The normalized spacial score (nSPS) is 10.2. The van der Waals surface area contributed by atoms with Crippen molar-refractivity contribution in [3.63, 3.8) is 0 Å². The van der Waals surface area contributed by atoms with Gasteiger partial charge in [-0.2, -0.15) is 0 Å². The highest BCUT2D eigenvalue weighted by molar-refractivity contribution is 6.09. The van der Waals surface area contributed by atoms with Gasteiger partial charge in [-0.25, -0.2) is 19.2 Å². The average Bonchev–Trinajstić information content (AvgIpc) is 2.53. The fourth-order valence-corrected chi connectivity index (χ4v) is 2.27. The van der Waals surface area contributed by atoms with E-state index in [2.05, 4.69) is 0 Å². The highest BCUT2D eigenvalue weighted by Crippen LogP contribution is 2.30. The number of rotatable bonds is 5. The zero-order valence-electron chi connectivity index (χ0n) is 11.9. The van der Waals surface area contributed by atoms with E-state index in [0.717, 1.165) is 24.3 Å². The molecule has 0 bridgehead atoms. The van der Waals surface area contributed by atoms with Crippen LogP contribution in [0.2, 0.25) is 0 Å². The molecule has 24 heavy (non-hydrogen) atoms. The van der Waals surface area contributed by atoms with Gasteiger partial charge >= 0.3 is 23.9 Å². The van der Waals surface area contributed by atoms with Crippen LogP contribution in [0, 0.1) is 0 Å². The summed E-state index contributed by atoms with van der Waals surface area (Å²) in [5.74, 6) is -5.81. The van der Waals surface area contributed by atoms with Crippen molar-refractivity contribution in [1.29, 1.82) is 0 Å². The maximum absolute atomic E-state index is 11.5. The molecule has 8 heteroatoms. The van der Waals surface area contributed by atoms with Crippen molar-refractivity contribution in [3.05, 3.63) is 58.7 Å². The lowest BCUT2D eigenvalue weighted by Gasteiger charge is -2.12. The summed E-state index contributed by atoms with van der Waals surface area (Å²) in [6.07, 6.45) is 0. The van der Waals surface area contributed by atoms with Gasteiger partial charge in [-0.3, -0.25) is 0 Å². The van der Waals surface area contributed by atoms with Crippen molar-refractivity contribution in [2.24, 2.45) is 0 Å². The van der Waals surface area contributed by atoms with E-state index < -0.39 is 35.0 Å². The zero-order valence-corrected chi connectivity index (χ0v) is 11.9. The van der Waals surface area contributed by atoms with Crippen LogP contribution in [-0.2, 0) is 0 Å². The Bertz CT molecular complexity index is 882. The molecule has 4 N–H and O–H groups in total. The van der Waals surface area contributed by atoms with Crippen LogP contribution in [0.5, 0.6) is 0 Å². The lowest BCUT2D eigenvalue weighted by atomic mass is 9.91. The van der Waals surface area contributed by atoms with Crippen LogP contribution < -0.4 is 0 Å². The number of carbonyl (C=O) groups is 4. The van der Waals surface area contributed by atoms with Crippen molar-refractivity contribution in [3.8, 4) is 11.1 Å². The number of benzene rings is 2. The topological polar surface area (TPSA) is 149 Å². The van der Waals surface area contributed by atoms with Crippen LogP contribution in [-0.4, -0.2) is 44.3 Å². The van der Waals surface area contributed by atoms with Crippen LogP contribution in [0.1, 0.15) is 41.4 Å². The first-order valence-electron chi connectivity index (χ1n) is 6.44. The quantitative estimate of drug-likeness (QED) is 0.651. The Labute approximate surface area is 134 Å². The van der Waals surface area contributed by atoms with Gasteiger partial charge in [-0.15, -0.1) is 0 Å². The van der Waals surface area contributed by atoms with E-state index in [4.69, 9.17) is 10.2 Å². The fraction of sp³-hybridized carbons (Fsp3) is 0. The maximum Gasteiger partial charge on any atom is 0.337 e. The van der Waals surface area contributed by atoms with Gasteiger partial charge in [0, 0.05) is 0 Å². The van der Waals surface area contributed by atoms with Gasteiger partial charge in [0.05, 0.1) is 22.3 Å². The van der Waals surface area contributed by atoms with Crippen LogP contribution in [0.4, 0.5) is 0 Å². The highest BCUT2D eigenvalue weighted by atomic mass is 16.4. The van der Waals surface area contributed by atoms with Gasteiger partial charge in [0.25, 0.3) is 0 Å². The Morgan fingerprint density at radius 2 is 1.25 bits per heavy atom. The molecule has 0 saturated heterocycles. The first-order valence-corrected chi connectivity index (χ1v) is 6.44.